The van der Waals surface area contributed by atoms with Crippen LogP contribution in [0, 0.1) is 5.41 Å². The lowest BCUT2D eigenvalue weighted by atomic mass is 10.1. The molecule has 1 aromatic carbocycles. The summed E-state index contributed by atoms with van der Waals surface area (Å²) in [4.78, 5) is 11.6. The molecule has 1 fully saturated rings. The molecule has 1 saturated carbocycles. The van der Waals surface area contributed by atoms with Crippen molar-refractivity contribution in [3.63, 3.8) is 0 Å². The average molecular weight is 263 g/mol. The molecule has 1 amide bonds. The highest BCUT2D eigenvalue weighted by Gasteiger charge is 2.43. The molecule has 0 bridgehead atoms. The molecule has 104 valence electrons. The van der Waals surface area contributed by atoms with Crippen LogP contribution in [-0.4, -0.2) is 32.3 Å². The Morgan fingerprint density at radius 1 is 1.37 bits per heavy atom. The minimum absolute atomic E-state index is 0.0616. The Hall–Kier alpha value is -1.55. The minimum atomic E-state index is -0.397. The highest BCUT2D eigenvalue weighted by atomic mass is 16.5. The van der Waals surface area contributed by atoms with E-state index >= 15 is 0 Å². The Bertz CT molecular complexity index is 415. The minimum Gasteiger partial charge on any atom is -0.493 e. The number of benzene rings is 1. The van der Waals surface area contributed by atoms with Crippen molar-refractivity contribution in [2.45, 2.75) is 25.9 Å². The summed E-state index contributed by atoms with van der Waals surface area (Å²) in [6.45, 7) is 3.06. The Morgan fingerprint density at radius 3 is 2.63 bits per heavy atom. The second-order valence-electron chi connectivity index (χ2n) is 5.20. The van der Waals surface area contributed by atoms with Crippen molar-refractivity contribution in [3.8, 4) is 5.75 Å². The van der Waals surface area contributed by atoms with Gasteiger partial charge in [-0.1, -0.05) is 18.2 Å². The lowest BCUT2D eigenvalue weighted by Gasteiger charge is -2.18. The molecular formula is C15H21NO3. The number of rotatable bonds is 7. The van der Waals surface area contributed by atoms with Gasteiger partial charge in [-0.05, 0) is 31.9 Å². The largest absolute Gasteiger partial charge is 0.493 e. The SMILES string of the molecule is CO[C@@H](C)C(=O)NCC1(COc2ccccc2)CC1. The van der Waals surface area contributed by atoms with Gasteiger partial charge in [-0.3, -0.25) is 4.79 Å². The fourth-order valence-corrected chi connectivity index (χ4v) is 1.83. The maximum Gasteiger partial charge on any atom is 0.248 e. The van der Waals surface area contributed by atoms with E-state index in [-0.39, 0.29) is 11.3 Å². The third kappa shape index (κ3) is 3.96. The van der Waals surface area contributed by atoms with E-state index in [0.717, 1.165) is 18.6 Å². The summed E-state index contributed by atoms with van der Waals surface area (Å²) in [7, 11) is 1.54. The molecule has 0 aromatic heterocycles. The molecule has 1 aliphatic rings. The molecule has 0 saturated heterocycles. The topological polar surface area (TPSA) is 47.6 Å². The van der Waals surface area contributed by atoms with Gasteiger partial charge >= 0.3 is 0 Å². The predicted molar refractivity (Wildman–Crippen MR) is 73.1 cm³/mol. The highest BCUT2D eigenvalue weighted by Crippen LogP contribution is 2.45. The van der Waals surface area contributed by atoms with Crippen LogP contribution in [0.15, 0.2) is 30.3 Å². The van der Waals surface area contributed by atoms with E-state index in [1.54, 1.807) is 6.92 Å². The van der Waals surface area contributed by atoms with Gasteiger partial charge in [-0.25, -0.2) is 0 Å². The summed E-state index contributed by atoms with van der Waals surface area (Å²) in [6.07, 6.45) is 1.80. The van der Waals surface area contributed by atoms with Crippen LogP contribution in [0.1, 0.15) is 19.8 Å². The normalized spacial score (nSPS) is 17.6. The van der Waals surface area contributed by atoms with Gasteiger partial charge in [-0.2, -0.15) is 0 Å². The number of nitrogens with one attached hydrogen (secondary N) is 1. The Morgan fingerprint density at radius 2 is 2.05 bits per heavy atom. The van der Waals surface area contributed by atoms with Crippen LogP contribution in [0.4, 0.5) is 0 Å². The molecule has 1 atom stereocenters. The fourth-order valence-electron chi connectivity index (χ4n) is 1.83. The molecule has 1 aromatic rings. The monoisotopic (exact) mass is 263 g/mol. The first kappa shape index (κ1) is 13.9. The molecular weight excluding hydrogens is 242 g/mol. The van der Waals surface area contributed by atoms with Crippen molar-refractivity contribution in [1.29, 1.82) is 0 Å². The van der Waals surface area contributed by atoms with E-state index in [0.29, 0.717) is 13.2 Å². The number of carbonyl (C=O) groups excluding carboxylic acids is 1. The molecule has 4 heteroatoms. The first-order chi connectivity index (χ1) is 9.15. The van der Waals surface area contributed by atoms with Gasteiger partial charge in [-0.15, -0.1) is 0 Å². The summed E-state index contributed by atoms with van der Waals surface area (Å²) in [5.41, 5.74) is 0.110. The number of hydrogen-bond acceptors (Lipinski definition) is 3. The summed E-state index contributed by atoms with van der Waals surface area (Å²) < 4.78 is 10.8. The molecule has 1 N–H and O–H groups in total. The van der Waals surface area contributed by atoms with Gasteiger partial charge in [0.2, 0.25) is 5.91 Å². The van der Waals surface area contributed by atoms with Gasteiger partial charge < -0.3 is 14.8 Å². The highest BCUT2D eigenvalue weighted by molar-refractivity contribution is 5.80. The Kier molecular flexibility index (Phi) is 4.43. The van der Waals surface area contributed by atoms with E-state index in [4.69, 9.17) is 9.47 Å². The third-order valence-corrected chi connectivity index (χ3v) is 3.61. The van der Waals surface area contributed by atoms with Gasteiger partial charge in [0.25, 0.3) is 0 Å². The predicted octanol–water partition coefficient (Wildman–Crippen LogP) is 2.00. The summed E-state index contributed by atoms with van der Waals surface area (Å²) >= 11 is 0. The second-order valence-corrected chi connectivity index (χ2v) is 5.20. The van der Waals surface area contributed by atoms with Crippen LogP contribution in [-0.2, 0) is 9.53 Å². The van der Waals surface area contributed by atoms with E-state index in [9.17, 15) is 4.79 Å². The first-order valence-electron chi connectivity index (χ1n) is 6.64. The van der Waals surface area contributed by atoms with Crippen molar-refractivity contribution in [3.05, 3.63) is 30.3 Å². The first-order valence-corrected chi connectivity index (χ1v) is 6.64. The molecule has 1 aliphatic carbocycles. The molecule has 4 nitrogen and oxygen atoms in total. The van der Waals surface area contributed by atoms with Gasteiger partial charge in [0, 0.05) is 19.1 Å². The quantitative estimate of drug-likeness (QED) is 0.818. The lowest BCUT2D eigenvalue weighted by Crippen LogP contribution is -2.39. The summed E-state index contributed by atoms with van der Waals surface area (Å²) in [6, 6.07) is 9.77. The molecule has 19 heavy (non-hydrogen) atoms. The molecule has 0 aliphatic heterocycles. The van der Waals surface area contributed by atoms with Gasteiger partial charge in [0.1, 0.15) is 11.9 Å². The third-order valence-electron chi connectivity index (χ3n) is 3.61. The van der Waals surface area contributed by atoms with Gasteiger partial charge in [0.15, 0.2) is 0 Å². The standard InChI is InChI=1S/C15H21NO3/c1-12(18-2)14(17)16-10-15(8-9-15)11-19-13-6-4-3-5-7-13/h3-7,12H,8-11H2,1-2H3,(H,16,17)/t12-/m0/s1. The summed E-state index contributed by atoms with van der Waals surface area (Å²) in [5, 5.41) is 2.93. The lowest BCUT2D eigenvalue weighted by molar-refractivity contribution is -0.130. The van der Waals surface area contributed by atoms with E-state index in [1.165, 1.54) is 7.11 Å². The van der Waals surface area contributed by atoms with Gasteiger partial charge in [0.05, 0.1) is 6.61 Å². The maximum atomic E-state index is 11.6. The number of carbonyl (C=O) groups is 1. The van der Waals surface area contributed by atoms with Crippen LogP contribution >= 0.6 is 0 Å². The number of hydrogen-bond donors (Lipinski definition) is 1. The fraction of sp³-hybridized carbons (Fsp3) is 0.533. The molecule has 0 radical (unpaired) electrons. The van der Waals surface area contributed by atoms with E-state index in [1.807, 2.05) is 30.3 Å². The molecule has 0 spiro atoms. The average Bonchev–Trinajstić information content (AvgIpc) is 3.23. The van der Waals surface area contributed by atoms with Crippen LogP contribution in [0.25, 0.3) is 0 Å². The van der Waals surface area contributed by atoms with Crippen LogP contribution < -0.4 is 10.1 Å². The second kappa shape index (κ2) is 6.06. The van der Waals surface area contributed by atoms with E-state index in [2.05, 4.69) is 5.32 Å². The van der Waals surface area contributed by atoms with Crippen LogP contribution in [0.5, 0.6) is 5.75 Å². The number of amides is 1. The van der Waals surface area contributed by atoms with Crippen molar-refractivity contribution in [2.75, 3.05) is 20.3 Å². The summed E-state index contributed by atoms with van der Waals surface area (Å²) in [5.74, 6) is 0.818. The number of ether oxygens (including phenoxy) is 2. The molecule has 0 unspecified atom stereocenters. The van der Waals surface area contributed by atoms with Crippen molar-refractivity contribution in [1.82, 2.24) is 5.32 Å². The molecule has 0 heterocycles. The number of methoxy groups -OCH3 is 1. The smallest absolute Gasteiger partial charge is 0.248 e. The van der Waals surface area contributed by atoms with Crippen LogP contribution in [0.2, 0.25) is 0 Å². The number of para-hydroxylation sites is 1. The van der Waals surface area contributed by atoms with Crippen molar-refractivity contribution >= 4 is 5.91 Å². The van der Waals surface area contributed by atoms with Crippen molar-refractivity contribution in [2.24, 2.45) is 5.41 Å². The zero-order chi connectivity index (χ0) is 13.7. The maximum absolute atomic E-state index is 11.6. The Labute approximate surface area is 114 Å². The zero-order valence-electron chi connectivity index (χ0n) is 11.5. The van der Waals surface area contributed by atoms with Crippen molar-refractivity contribution < 1.29 is 14.3 Å². The van der Waals surface area contributed by atoms with Crippen LogP contribution in [0.3, 0.4) is 0 Å². The molecule has 2 rings (SSSR count). The van der Waals surface area contributed by atoms with E-state index < -0.39 is 6.10 Å². The Balaban J connectivity index is 1.76. The zero-order valence-corrected chi connectivity index (χ0v) is 11.5.